The number of benzene rings is 1. The summed E-state index contributed by atoms with van der Waals surface area (Å²) in [6.07, 6.45) is -2.06. The standard InChI is InChI=1S/C26H30F4N6O2/c1-25(2,11-22-33-31-16-34(22)3)18-5-4-6-20(10-18)32-23(37)21-9-17(12-35-8-7-19(27)14-35)13-36(24(21)38)15-26(28,29)30/h4-6,9-10,13,16,19H,7-8,11-12,14-15H2,1-3H3,(H,32,37)/t19-/m0/s1. The molecule has 1 aromatic carbocycles. The summed E-state index contributed by atoms with van der Waals surface area (Å²) in [5.74, 6) is -0.0376. The molecular formula is C26H30F4N6O2. The molecule has 38 heavy (non-hydrogen) atoms. The zero-order valence-corrected chi connectivity index (χ0v) is 21.4. The summed E-state index contributed by atoms with van der Waals surface area (Å²) in [6.45, 7) is 3.22. The van der Waals surface area contributed by atoms with E-state index in [9.17, 15) is 27.2 Å². The van der Waals surface area contributed by atoms with E-state index in [1.807, 2.05) is 31.5 Å². The number of hydrogen-bond donors (Lipinski definition) is 1. The third-order valence-electron chi connectivity index (χ3n) is 6.67. The van der Waals surface area contributed by atoms with Crippen molar-refractivity contribution in [2.45, 2.75) is 57.5 Å². The molecule has 1 atom stereocenters. The van der Waals surface area contributed by atoms with E-state index >= 15 is 0 Å². The molecule has 1 N–H and O–H groups in total. The van der Waals surface area contributed by atoms with Crippen LogP contribution in [0, 0.1) is 0 Å². The first-order valence-corrected chi connectivity index (χ1v) is 12.2. The Morgan fingerprint density at radius 1 is 1.21 bits per heavy atom. The summed E-state index contributed by atoms with van der Waals surface area (Å²) in [7, 11) is 1.85. The lowest BCUT2D eigenvalue weighted by molar-refractivity contribution is -0.141. The predicted octanol–water partition coefficient (Wildman–Crippen LogP) is 3.86. The third kappa shape index (κ3) is 6.66. The largest absolute Gasteiger partial charge is 0.406 e. The highest BCUT2D eigenvalue weighted by atomic mass is 19.4. The van der Waals surface area contributed by atoms with Gasteiger partial charge < -0.3 is 14.5 Å². The molecule has 0 aliphatic carbocycles. The van der Waals surface area contributed by atoms with Gasteiger partial charge in [0.05, 0.1) is 0 Å². The molecule has 3 heterocycles. The van der Waals surface area contributed by atoms with Crippen molar-refractivity contribution in [3.05, 3.63) is 75.7 Å². The number of aromatic nitrogens is 4. The number of carbonyl (C=O) groups is 1. The number of aryl methyl sites for hydroxylation is 1. The normalized spacial score (nSPS) is 16.7. The monoisotopic (exact) mass is 534 g/mol. The maximum atomic E-state index is 13.6. The molecule has 1 saturated heterocycles. The fourth-order valence-electron chi connectivity index (χ4n) is 4.63. The van der Waals surface area contributed by atoms with Gasteiger partial charge in [-0.05, 0) is 41.2 Å². The topological polar surface area (TPSA) is 85.1 Å². The molecule has 0 spiro atoms. The molecule has 2 aromatic heterocycles. The quantitative estimate of drug-likeness (QED) is 0.444. The molecule has 0 radical (unpaired) electrons. The van der Waals surface area contributed by atoms with Crippen LogP contribution >= 0.6 is 0 Å². The van der Waals surface area contributed by atoms with Gasteiger partial charge in [-0.15, -0.1) is 10.2 Å². The Morgan fingerprint density at radius 2 is 1.97 bits per heavy atom. The minimum absolute atomic E-state index is 0.130. The van der Waals surface area contributed by atoms with Gasteiger partial charge in [0.25, 0.3) is 11.5 Å². The summed E-state index contributed by atoms with van der Waals surface area (Å²) in [5, 5.41) is 10.7. The van der Waals surface area contributed by atoms with Crippen molar-refractivity contribution in [1.29, 1.82) is 0 Å². The summed E-state index contributed by atoms with van der Waals surface area (Å²) in [4.78, 5) is 27.8. The van der Waals surface area contributed by atoms with Gasteiger partial charge in [0.15, 0.2) is 0 Å². The van der Waals surface area contributed by atoms with Crippen molar-refractivity contribution in [2.24, 2.45) is 7.05 Å². The number of amides is 1. The highest BCUT2D eigenvalue weighted by Crippen LogP contribution is 2.29. The van der Waals surface area contributed by atoms with Crippen LogP contribution in [0.15, 0.2) is 47.7 Å². The SMILES string of the molecule is Cn1cnnc1CC(C)(C)c1cccc(NC(=O)c2cc(CN3CC[C@H](F)C3)cn(CC(F)(F)F)c2=O)c1. The Hall–Kier alpha value is -3.54. The number of pyridine rings is 1. The maximum Gasteiger partial charge on any atom is 0.406 e. The van der Waals surface area contributed by atoms with Crippen LogP contribution in [0.1, 0.15) is 47.6 Å². The van der Waals surface area contributed by atoms with Crippen molar-refractivity contribution in [3.63, 3.8) is 0 Å². The average Bonchev–Trinajstić information content (AvgIpc) is 3.42. The molecule has 1 aliphatic rings. The maximum absolute atomic E-state index is 13.6. The molecule has 1 amide bonds. The van der Waals surface area contributed by atoms with Crippen LogP contribution in [0.25, 0.3) is 0 Å². The first-order chi connectivity index (χ1) is 17.8. The molecular weight excluding hydrogens is 504 g/mol. The van der Waals surface area contributed by atoms with Gasteiger partial charge in [-0.1, -0.05) is 26.0 Å². The number of likely N-dealkylation sites (tertiary alicyclic amines) is 1. The van der Waals surface area contributed by atoms with E-state index in [4.69, 9.17) is 0 Å². The van der Waals surface area contributed by atoms with Crippen LogP contribution in [-0.2, 0) is 32.0 Å². The second kappa shape index (κ2) is 10.7. The van der Waals surface area contributed by atoms with E-state index in [1.54, 1.807) is 29.4 Å². The van der Waals surface area contributed by atoms with Crippen molar-refractivity contribution >= 4 is 11.6 Å². The molecule has 4 rings (SSSR count). The minimum Gasteiger partial charge on any atom is -0.322 e. The number of carbonyl (C=O) groups excluding carboxylic acids is 1. The van der Waals surface area contributed by atoms with Crippen molar-refractivity contribution in [3.8, 4) is 0 Å². The van der Waals surface area contributed by atoms with Crippen LogP contribution in [0.3, 0.4) is 0 Å². The van der Waals surface area contributed by atoms with E-state index in [1.165, 1.54) is 6.07 Å². The van der Waals surface area contributed by atoms with Crippen molar-refractivity contribution in [1.82, 2.24) is 24.2 Å². The van der Waals surface area contributed by atoms with Gasteiger partial charge in [-0.3, -0.25) is 14.5 Å². The Bertz CT molecular complexity index is 1360. The highest BCUT2D eigenvalue weighted by Gasteiger charge is 2.30. The Labute approximate surface area is 217 Å². The first kappa shape index (κ1) is 27.5. The molecule has 8 nitrogen and oxygen atoms in total. The van der Waals surface area contributed by atoms with Gasteiger partial charge >= 0.3 is 6.18 Å². The number of rotatable bonds is 8. The molecule has 12 heteroatoms. The second-order valence-corrected chi connectivity index (χ2v) is 10.4. The number of alkyl halides is 4. The Balaban J connectivity index is 1.59. The number of halogens is 4. The lowest BCUT2D eigenvalue weighted by atomic mass is 9.81. The summed E-state index contributed by atoms with van der Waals surface area (Å²) < 4.78 is 55.5. The van der Waals surface area contributed by atoms with Crippen LogP contribution in [0.4, 0.5) is 23.2 Å². The number of nitrogens with zero attached hydrogens (tertiary/aromatic N) is 5. The van der Waals surface area contributed by atoms with E-state index in [-0.39, 0.29) is 18.5 Å². The lowest BCUT2D eigenvalue weighted by Crippen LogP contribution is -2.34. The van der Waals surface area contributed by atoms with E-state index in [0.717, 1.165) is 17.6 Å². The van der Waals surface area contributed by atoms with Gasteiger partial charge in [-0.2, -0.15) is 13.2 Å². The zero-order chi connectivity index (χ0) is 27.7. The molecule has 0 unspecified atom stereocenters. The lowest BCUT2D eigenvalue weighted by Gasteiger charge is -2.25. The van der Waals surface area contributed by atoms with Gasteiger partial charge in [0.2, 0.25) is 0 Å². The second-order valence-electron chi connectivity index (χ2n) is 10.4. The molecule has 0 saturated carbocycles. The number of hydrogen-bond acceptors (Lipinski definition) is 5. The third-order valence-corrected chi connectivity index (χ3v) is 6.67. The van der Waals surface area contributed by atoms with E-state index < -0.39 is 35.9 Å². The molecule has 204 valence electrons. The minimum atomic E-state index is -4.66. The summed E-state index contributed by atoms with van der Waals surface area (Å²) in [6, 6.07) is 8.35. The van der Waals surface area contributed by atoms with Gasteiger partial charge in [0, 0.05) is 45.0 Å². The molecule has 0 bridgehead atoms. The number of nitrogens with one attached hydrogen (secondary N) is 1. The average molecular weight is 535 g/mol. The summed E-state index contributed by atoms with van der Waals surface area (Å²) >= 11 is 0. The molecule has 1 fully saturated rings. The van der Waals surface area contributed by atoms with Gasteiger partial charge in [0.1, 0.15) is 30.4 Å². The summed E-state index contributed by atoms with van der Waals surface area (Å²) in [5.41, 5.74) is -0.239. The van der Waals surface area contributed by atoms with Crippen molar-refractivity contribution in [2.75, 3.05) is 18.4 Å². The zero-order valence-electron chi connectivity index (χ0n) is 21.4. The molecule has 3 aromatic rings. The highest BCUT2D eigenvalue weighted by molar-refractivity contribution is 6.04. The Morgan fingerprint density at radius 3 is 2.61 bits per heavy atom. The fraction of sp³-hybridized carbons (Fsp3) is 0.462. The smallest absolute Gasteiger partial charge is 0.322 e. The van der Waals surface area contributed by atoms with Crippen LogP contribution < -0.4 is 10.9 Å². The predicted molar refractivity (Wildman–Crippen MR) is 134 cm³/mol. The first-order valence-electron chi connectivity index (χ1n) is 12.2. The van der Waals surface area contributed by atoms with Gasteiger partial charge in [-0.25, -0.2) is 4.39 Å². The molecule has 1 aliphatic heterocycles. The van der Waals surface area contributed by atoms with Crippen LogP contribution in [-0.4, -0.2) is 55.6 Å². The fourth-order valence-corrected chi connectivity index (χ4v) is 4.63. The Kier molecular flexibility index (Phi) is 7.73. The van der Waals surface area contributed by atoms with E-state index in [2.05, 4.69) is 15.5 Å². The van der Waals surface area contributed by atoms with Crippen LogP contribution in [0.2, 0.25) is 0 Å². The van der Waals surface area contributed by atoms with Crippen molar-refractivity contribution < 1.29 is 22.4 Å². The van der Waals surface area contributed by atoms with E-state index in [0.29, 0.717) is 35.2 Å². The van der Waals surface area contributed by atoms with Crippen LogP contribution in [0.5, 0.6) is 0 Å². The number of anilines is 1.